The summed E-state index contributed by atoms with van der Waals surface area (Å²) in [5.41, 5.74) is 2.51. The van der Waals surface area contributed by atoms with Crippen molar-refractivity contribution in [2.75, 3.05) is 28.4 Å². The van der Waals surface area contributed by atoms with Gasteiger partial charge in [0.1, 0.15) is 11.5 Å². The third-order valence-corrected chi connectivity index (χ3v) is 3.94. The molecule has 0 radical (unpaired) electrons. The summed E-state index contributed by atoms with van der Waals surface area (Å²) in [6.07, 6.45) is 0. The predicted octanol–water partition coefficient (Wildman–Crippen LogP) is 3.57. The number of hydrogen-bond acceptors (Lipinski definition) is 5. The Labute approximate surface area is 142 Å². The topological polar surface area (TPSA) is 54.0 Å². The molecule has 24 heavy (non-hydrogen) atoms. The lowest BCUT2D eigenvalue weighted by Crippen LogP contribution is -2.11. The molecule has 0 heterocycles. The van der Waals surface area contributed by atoms with Gasteiger partial charge in [0.15, 0.2) is 11.5 Å². The van der Waals surface area contributed by atoms with Crippen LogP contribution in [0.2, 0.25) is 0 Å². The summed E-state index contributed by atoms with van der Waals surface area (Å²) in [6.45, 7) is 3.71. The highest BCUT2D eigenvalue weighted by molar-refractivity contribution is 6.14. The van der Waals surface area contributed by atoms with Crippen molar-refractivity contribution in [2.24, 2.45) is 0 Å². The Morgan fingerprint density at radius 3 is 1.96 bits per heavy atom. The van der Waals surface area contributed by atoms with Gasteiger partial charge in [-0.05, 0) is 37.1 Å². The van der Waals surface area contributed by atoms with Gasteiger partial charge in [-0.25, -0.2) is 0 Å². The molecule has 0 aliphatic rings. The fourth-order valence-electron chi connectivity index (χ4n) is 2.73. The van der Waals surface area contributed by atoms with Gasteiger partial charge >= 0.3 is 0 Å². The summed E-state index contributed by atoms with van der Waals surface area (Å²) in [5, 5.41) is 0. The molecule has 0 unspecified atom stereocenters. The average Bonchev–Trinajstić information content (AvgIpc) is 2.59. The molecule has 2 rings (SSSR count). The summed E-state index contributed by atoms with van der Waals surface area (Å²) < 4.78 is 21.4. The molecule has 5 nitrogen and oxygen atoms in total. The van der Waals surface area contributed by atoms with Gasteiger partial charge in [-0.3, -0.25) is 4.79 Å². The van der Waals surface area contributed by atoms with Crippen LogP contribution in [-0.2, 0) is 0 Å². The van der Waals surface area contributed by atoms with E-state index >= 15 is 0 Å². The van der Waals surface area contributed by atoms with E-state index in [-0.39, 0.29) is 5.78 Å². The molecule has 0 amide bonds. The van der Waals surface area contributed by atoms with E-state index in [1.807, 2.05) is 19.9 Å². The van der Waals surface area contributed by atoms with Crippen molar-refractivity contribution < 1.29 is 23.7 Å². The van der Waals surface area contributed by atoms with Gasteiger partial charge in [-0.15, -0.1) is 0 Å². The maximum absolute atomic E-state index is 13.3. The second-order valence-corrected chi connectivity index (χ2v) is 5.34. The van der Waals surface area contributed by atoms with E-state index in [0.29, 0.717) is 34.1 Å². The van der Waals surface area contributed by atoms with Crippen molar-refractivity contribution in [2.45, 2.75) is 13.8 Å². The zero-order chi connectivity index (χ0) is 17.9. The summed E-state index contributed by atoms with van der Waals surface area (Å²) in [5.74, 6) is 1.84. The quantitative estimate of drug-likeness (QED) is 0.758. The first kappa shape index (κ1) is 17.7. The molecule has 0 atom stereocenters. The number of ether oxygens (including phenoxy) is 4. The Balaban J connectivity index is 2.70. The lowest BCUT2D eigenvalue weighted by atomic mass is 9.94. The van der Waals surface area contributed by atoms with Crippen LogP contribution in [0.5, 0.6) is 23.0 Å². The normalized spacial score (nSPS) is 10.2. The third-order valence-electron chi connectivity index (χ3n) is 3.94. The number of rotatable bonds is 6. The number of carbonyl (C=O) groups excluding carboxylic acids is 1. The second-order valence-electron chi connectivity index (χ2n) is 5.34. The zero-order valence-corrected chi connectivity index (χ0v) is 14.9. The highest BCUT2D eigenvalue weighted by atomic mass is 16.5. The molecule has 0 spiro atoms. The molecular weight excluding hydrogens is 308 g/mol. The van der Waals surface area contributed by atoms with Crippen LogP contribution >= 0.6 is 0 Å². The molecule has 0 saturated carbocycles. The predicted molar refractivity (Wildman–Crippen MR) is 92.0 cm³/mol. The molecule has 2 aromatic rings. The van der Waals surface area contributed by atoms with Gasteiger partial charge in [-0.1, -0.05) is 6.07 Å². The zero-order valence-electron chi connectivity index (χ0n) is 14.9. The molecule has 0 saturated heterocycles. The lowest BCUT2D eigenvalue weighted by Gasteiger charge is -2.17. The summed E-state index contributed by atoms with van der Waals surface area (Å²) >= 11 is 0. The van der Waals surface area contributed by atoms with E-state index in [1.54, 1.807) is 32.4 Å². The Morgan fingerprint density at radius 1 is 0.750 bits per heavy atom. The summed E-state index contributed by atoms with van der Waals surface area (Å²) in [4.78, 5) is 13.3. The molecule has 0 N–H and O–H groups in total. The van der Waals surface area contributed by atoms with Gasteiger partial charge in [0, 0.05) is 6.07 Å². The largest absolute Gasteiger partial charge is 0.497 e. The third kappa shape index (κ3) is 3.02. The van der Waals surface area contributed by atoms with E-state index in [9.17, 15) is 4.79 Å². The standard InChI is InChI=1S/C19H22O5/c1-11-7-8-14(22-4)19(24-6)17(11)18(20)16-12(2)9-13(21-3)10-15(16)23-5/h7-10H,1-6H3. The van der Waals surface area contributed by atoms with Crippen LogP contribution < -0.4 is 18.9 Å². The summed E-state index contributed by atoms with van der Waals surface area (Å²) in [6, 6.07) is 7.11. The fourth-order valence-corrected chi connectivity index (χ4v) is 2.73. The van der Waals surface area contributed by atoms with E-state index in [4.69, 9.17) is 18.9 Å². The number of methoxy groups -OCH3 is 4. The van der Waals surface area contributed by atoms with Crippen molar-refractivity contribution in [1.29, 1.82) is 0 Å². The fraction of sp³-hybridized carbons (Fsp3) is 0.316. The van der Waals surface area contributed by atoms with Crippen LogP contribution in [0.1, 0.15) is 27.0 Å². The first-order valence-electron chi connectivity index (χ1n) is 7.47. The van der Waals surface area contributed by atoms with Crippen LogP contribution in [-0.4, -0.2) is 34.2 Å². The van der Waals surface area contributed by atoms with E-state index in [1.165, 1.54) is 14.2 Å². The number of carbonyl (C=O) groups is 1. The number of hydrogen-bond donors (Lipinski definition) is 0. The molecular formula is C19H22O5. The van der Waals surface area contributed by atoms with Crippen LogP contribution in [0.15, 0.2) is 24.3 Å². The second kappa shape index (κ2) is 7.25. The molecule has 5 heteroatoms. The van der Waals surface area contributed by atoms with Gasteiger partial charge in [0.2, 0.25) is 5.78 Å². The average molecular weight is 330 g/mol. The van der Waals surface area contributed by atoms with Crippen LogP contribution in [0.3, 0.4) is 0 Å². The summed E-state index contributed by atoms with van der Waals surface area (Å²) in [7, 11) is 6.17. The van der Waals surface area contributed by atoms with Crippen molar-refractivity contribution in [1.82, 2.24) is 0 Å². The first-order valence-corrected chi connectivity index (χ1v) is 7.47. The van der Waals surface area contributed by atoms with Crippen molar-refractivity contribution in [3.05, 3.63) is 46.5 Å². The van der Waals surface area contributed by atoms with Crippen molar-refractivity contribution in [3.63, 3.8) is 0 Å². The molecule has 2 aromatic carbocycles. The monoisotopic (exact) mass is 330 g/mol. The Kier molecular flexibility index (Phi) is 5.34. The minimum absolute atomic E-state index is 0.180. The van der Waals surface area contributed by atoms with Gasteiger partial charge < -0.3 is 18.9 Å². The molecule has 0 bridgehead atoms. The molecule has 0 fully saturated rings. The van der Waals surface area contributed by atoms with Crippen LogP contribution in [0.25, 0.3) is 0 Å². The maximum Gasteiger partial charge on any atom is 0.201 e. The van der Waals surface area contributed by atoms with Crippen molar-refractivity contribution in [3.8, 4) is 23.0 Å². The number of aryl methyl sites for hydroxylation is 2. The Morgan fingerprint density at radius 2 is 1.42 bits per heavy atom. The van der Waals surface area contributed by atoms with E-state index in [2.05, 4.69) is 0 Å². The van der Waals surface area contributed by atoms with E-state index in [0.717, 1.165) is 11.1 Å². The molecule has 128 valence electrons. The van der Waals surface area contributed by atoms with Crippen LogP contribution in [0.4, 0.5) is 0 Å². The Bertz CT molecular complexity index is 765. The minimum Gasteiger partial charge on any atom is -0.497 e. The van der Waals surface area contributed by atoms with Crippen LogP contribution in [0, 0.1) is 13.8 Å². The Hall–Kier alpha value is -2.69. The highest BCUT2D eigenvalue weighted by Crippen LogP contribution is 2.38. The smallest absolute Gasteiger partial charge is 0.201 e. The SMILES string of the molecule is COc1cc(C)c(C(=O)c2c(C)ccc(OC)c2OC)c(OC)c1. The maximum atomic E-state index is 13.3. The number of benzene rings is 2. The molecule has 0 aliphatic heterocycles. The molecule has 0 aromatic heterocycles. The van der Waals surface area contributed by atoms with Gasteiger partial charge in [-0.2, -0.15) is 0 Å². The van der Waals surface area contributed by atoms with E-state index < -0.39 is 0 Å². The molecule has 0 aliphatic carbocycles. The lowest BCUT2D eigenvalue weighted by molar-refractivity contribution is 0.103. The van der Waals surface area contributed by atoms with Crippen molar-refractivity contribution >= 4 is 5.78 Å². The first-order chi connectivity index (χ1) is 11.5. The highest BCUT2D eigenvalue weighted by Gasteiger charge is 2.25. The minimum atomic E-state index is -0.180. The van der Waals surface area contributed by atoms with Gasteiger partial charge in [0.25, 0.3) is 0 Å². The van der Waals surface area contributed by atoms with Gasteiger partial charge in [0.05, 0.1) is 39.6 Å². The number of ketones is 1.